The molecule has 1 atom stereocenters. The van der Waals surface area contributed by atoms with Crippen molar-refractivity contribution < 1.29 is 19.8 Å². The van der Waals surface area contributed by atoms with Gasteiger partial charge in [-0.05, 0) is 13.3 Å². The van der Waals surface area contributed by atoms with Crippen molar-refractivity contribution in [3.05, 3.63) is 11.6 Å². The first-order valence-electron chi connectivity index (χ1n) is 3.56. The summed E-state index contributed by atoms with van der Waals surface area (Å²) < 4.78 is 0. The number of aliphatic carboxylic acids is 2. The van der Waals surface area contributed by atoms with Gasteiger partial charge in [0, 0.05) is 6.08 Å². The van der Waals surface area contributed by atoms with Crippen LogP contribution in [0.15, 0.2) is 11.6 Å². The monoisotopic (exact) mass is 172 g/mol. The van der Waals surface area contributed by atoms with E-state index in [9.17, 15) is 9.59 Å². The van der Waals surface area contributed by atoms with Gasteiger partial charge in [0.25, 0.3) is 0 Å². The van der Waals surface area contributed by atoms with E-state index in [-0.39, 0.29) is 6.42 Å². The fourth-order valence-corrected chi connectivity index (χ4v) is 0.840. The first kappa shape index (κ1) is 10.7. The van der Waals surface area contributed by atoms with E-state index < -0.39 is 17.9 Å². The standard InChI is InChI=1S/C8H12O4/c1-5(4-7(9)10)3-6(2)8(11)12/h4,6H,3H2,1-2H3,(H,9,10)(H,11,12). The average molecular weight is 172 g/mol. The minimum absolute atomic E-state index is 0.279. The fourth-order valence-electron chi connectivity index (χ4n) is 0.840. The van der Waals surface area contributed by atoms with Gasteiger partial charge in [-0.15, -0.1) is 0 Å². The molecule has 12 heavy (non-hydrogen) atoms. The number of allylic oxidation sites excluding steroid dienone is 1. The molecule has 0 saturated carbocycles. The summed E-state index contributed by atoms with van der Waals surface area (Å²) >= 11 is 0. The Morgan fingerprint density at radius 3 is 2.25 bits per heavy atom. The molecule has 0 aromatic heterocycles. The molecule has 0 aliphatic heterocycles. The van der Waals surface area contributed by atoms with Gasteiger partial charge >= 0.3 is 11.9 Å². The Morgan fingerprint density at radius 1 is 1.42 bits per heavy atom. The summed E-state index contributed by atoms with van der Waals surface area (Å²) in [6, 6.07) is 0. The van der Waals surface area contributed by atoms with E-state index >= 15 is 0 Å². The molecule has 0 bridgehead atoms. The minimum atomic E-state index is -1.04. The molecule has 1 unspecified atom stereocenters. The van der Waals surface area contributed by atoms with E-state index in [0.717, 1.165) is 6.08 Å². The number of hydrogen-bond acceptors (Lipinski definition) is 2. The third-order valence-electron chi connectivity index (χ3n) is 1.42. The third kappa shape index (κ3) is 4.49. The van der Waals surface area contributed by atoms with Gasteiger partial charge in [0.2, 0.25) is 0 Å². The highest BCUT2D eigenvalue weighted by Crippen LogP contribution is 2.10. The van der Waals surface area contributed by atoms with Gasteiger partial charge in [-0.1, -0.05) is 12.5 Å². The van der Waals surface area contributed by atoms with Crippen molar-refractivity contribution in [2.24, 2.45) is 5.92 Å². The molecular weight excluding hydrogens is 160 g/mol. The zero-order valence-electron chi connectivity index (χ0n) is 7.07. The molecule has 0 fully saturated rings. The summed E-state index contributed by atoms with van der Waals surface area (Å²) in [4.78, 5) is 20.5. The van der Waals surface area contributed by atoms with Crippen molar-refractivity contribution in [3.63, 3.8) is 0 Å². The second kappa shape index (κ2) is 4.54. The van der Waals surface area contributed by atoms with E-state index in [0.29, 0.717) is 5.57 Å². The molecule has 68 valence electrons. The van der Waals surface area contributed by atoms with E-state index in [1.807, 2.05) is 0 Å². The van der Waals surface area contributed by atoms with Crippen molar-refractivity contribution in [1.82, 2.24) is 0 Å². The summed E-state index contributed by atoms with van der Waals surface area (Å²) in [7, 11) is 0. The zero-order valence-corrected chi connectivity index (χ0v) is 7.07. The predicted molar refractivity (Wildman–Crippen MR) is 42.8 cm³/mol. The van der Waals surface area contributed by atoms with Gasteiger partial charge in [-0.3, -0.25) is 4.79 Å². The Balaban J connectivity index is 4.09. The minimum Gasteiger partial charge on any atom is -0.481 e. The Labute approximate surface area is 70.5 Å². The Bertz CT molecular complexity index is 217. The van der Waals surface area contributed by atoms with Crippen LogP contribution < -0.4 is 0 Å². The molecule has 0 saturated heterocycles. The largest absolute Gasteiger partial charge is 0.481 e. The number of carbonyl (C=O) groups is 2. The molecule has 0 aromatic rings. The van der Waals surface area contributed by atoms with Crippen LogP contribution >= 0.6 is 0 Å². The number of carboxylic acid groups (broad SMARTS) is 2. The van der Waals surface area contributed by atoms with Gasteiger partial charge in [0.05, 0.1) is 5.92 Å². The lowest BCUT2D eigenvalue weighted by molar-refractivity contribution is -0.141. The molecule has 0 aliphatic carbocycles. The van der Waals surface area contributed by atoms with E-state index in [1.165, 1.54) is 0 Å². The van der Waals surface area contributed by atoms with Gasteiger partial charge in [-0.2, -0.15) is 0 Å². The summed E-state index contributed by atoms with van der Waals surface area (Å²) in [6.45, 7) is 3.15. The SMILES string of the molecule is CC(=CC(=O)O)CC(C)C(=O)O. The van der Waals surface area contributed by atoms with Crippen LogP contribution in [0.4, 0.5) is 0 Å². The molecule has 4 nitrogen and oxygen atoms in total. The van der Waals surface area contributed by atoms with E-state index in [1.54, 1.807) is 13.8 Å². The van der Waals surface area contributed by atoms with Crippen LogP contribution in [0.25, 0.3) is 0 Å². The summed E-state index contributed by atoms with van der Waals surface area (Å²) in [5.41, 5.74) is 0.567. The predicted octanol–water partition coefficient (Wildman–Crippen LogP) is 1.13. The molecule has 0 radical (unpaired) electrons. The molecule has 4 heteroatoms. The van der Waals surface area contributed by atoms with Crippen molar-refractivity contribution in [2.45, 2.75) is 20.3 Å². The zero-order chi connectivity index (χ0) is 9.72. The van der Waals surface area contributed by atoms with Gasteiger partial charge in [0.1, 0.15) is 0 Å². The lowest BCUT2D eigenvalue weighted by Gasteiger charge is -2.04. The maximum Gasteiger partial charge on any atom is 0.328 e. The summed E-state index contributed by atoms with van der Waals surface area (Å²) in [5.74, 6) is -2.47. The molecule has 0 aromatic carbocycles. The smallest absolute Gasteiger partial charge is 0.328 e. The lowest BCUT2D eigenvalue weighted by Crippen LogP contribution is -2.09. The first-order valence-corrected chi connectivity index (χ1v) is 3.56. The second-order valence-corrected chi connectivity index (χ2v) is 2.77. The Kier molecular flexibility index (Phi) is 4.04. The maximum absolute atomic E-state index is 10.3. The summed E-state index contributed by atoms with van der Waals surface area (Å²) in [5, 5.41) is 16.8. The Hall–Kier alpha value is -1.32. The van der Waals surface area contributed by atoms with Gasteiger partial charge in [-0.25, -0.2) is 4.79 Å². The highest BCUT2D eigenvalue weighted by molar-refractivity contribution is 5.80. The van der Waals surface area contributed by atoms with Crippen LogP contribution in [0, 0.1) is 5.92 Å². The van der Waals surface area contributed by atoms with Gasteiger partial charge < -0.3 is 10.2 Å². The number of hydrogen-bond donors (Lipinski definition) is 2. The van der Waals surface area contributed by atoms with E-state index in [4.69, 9.17) is 10.2 Å². The van der Waals surface area contributed by atoms with Crippen LogP contribution in [0.2, 0.25) is 0 Å². The molecule has 0 aliphatic rings. The third-order valence-corrected chi connectivity index (χ3v) is 1.42. The maximum atomic E-state index is 10.3. The summed E-state index contributed by atoms with van der Waals surface area (Å²) in [6.07, 6.45) is 1.31. The molecule has 0 rings (SSSR count). The van der Waals surface area contributed by atoms with Crippen molar-refractivity contribution in [1.29, 1.82) is 0 Å². The van der Waals surface area contributed by atoms with Crippen LogP contribution in [0.1, 0.15) is 20.3 Å². The second-order valence-electron chi connectivity index (χ2n) is 2.77. The number of rotatable bonds is 4. The van der Waals surface area contributed by atoms with E-state index in [2.05, 4.69) is 0 Å². The average Bonchev–Trinajstić information content (AvgIpc) is 1.84. The fraction of sp³-hybridized carbons (Fsp3) is 0.500. The van der Waals surface area contributed by atoms with Crippen LogP contribution in [-0.4, -0.2) is 22.2 Å². The van der Waals surface area contributed by atoms with Crippen molar-refractivity contribution >= 4 is 11.9 Å². The van der Waals surface area contributed by atoms with Gasteiger partial charge in [0.15, 0.2) is 0 Å². The topological polar surface area (TPSA) is 74.6 Å². The van der Waals surface area contributed by atoms with Crippen LogP contribution in [-0.2, 0) is 9.59 Å². The normalized spacial score (nSPS) is 14.0. The van der Waals surface area contributed by atoms with Crippen LogP contribution in [0.5, 0.6) is 0 Å². The number of carboxylic acids is 2. The quantitative estimate of drug-likeness (QED) is 0.623. The molecule has 0 amide bonds. The first-order chi connectivity index (χ1) is 5.43. The van der Waals surface area contributed by atoms with Crippen molar-refractivity contribution in [2.75, 3.05) is 0 Å². The van der Waals surface area contributed by atoms with Crippen LogP contribution in [0.3, 0.4) is 0 Å². The van der Waals surface area contributed by atoms with Crippen molar-refractivity contribution in [3.8, 4) is 0 Å². The molecule has 0 spiro atoms. The molecule has 0 heterocycles. The highest BCUT2D eigenvalue weighted by Gasteiger charge is 2.11. The molecular formula is C8H12O4. The lowest BCUT2D eigenvalue weighted by atomic mass is 10.0. The Morgan fingerprint density at radius 2 is 1.92 bits per heavy atom. The molecule has 2 N–H and O–H groups in total. The highest BCUT2D eigenvalue weighted by atomic mass is 16.4.